The number of alkyl halides is 1. The number of hydrogen-bond donors (Lipinski definition) is 0. The average Bonchev–Trinajstić information content (AvgIpc) is 2.66. The zero-order valence-electron chi connectivity index (χ0n) is 12.1. The third-order valence-electron chi connectivity index (χ3n) is 2.97. The maximum absolute atomic E-state index is 5.14. The van der Waals surface area contributed by atoms with E-state index in [1.165, 1.54) is 5.69 Å². The first kappa shape index (κ1) is 17.1. The van der Waals surface area contributed by atoms with E-state index < -0.39 is 0 Å². The van der Waals surface area contributed by atoms with E-state index in [9.17, 15) is 0 Å². The van der Waals surface area contributed by atoms with Crippen LogP contribution in [-0.4, -0.2) is 46.8 Å². The van der Waals surface area contributed by atoms with Gasteiger partial charge in [-0.2, -0.15) is 5.10 Å². The van der Waals surface area contributed by atoms with Crippen LogP contribution < -0.4 is 0 Å². The number of rotatable bonds is 8. The molecule has 4 nitrogen and oxygen atoms in total. The van der Waals surface area contributed by atoms with Crippen LogP contribution in [0.25, 0.3) is 0 Å². The van der Waals surface area contributed by atoms with Gasteiger partial charge >= 0.3 is 0 Å². The first-order chi connectivity index (χ1) is 9.03. The van der Waals surface area contributed by atoms with E-state index in [4.69, 9.17) is 4.74 Å². The quantitative estimate of drug-likeness (QED) is 0.632. The second kappa shape index (κ2) is 8.39. The Kier molecular flexibility index (Phi) is 7.57. The van der Waals surface area contributed by atoms with Crippen LogP contribution in [0.3, 0.4) is 0 Å². The fourth-order valence-electron chi connectivity index (χ4n) is 2.06. The van der Waals surface area contributed by atoms with Crippen molar-refractivity contribution in [1.82, 2.24) is 14.7 Å². The van der Waals surface area contributed by atoms with Crippen LogP contribution in [0, 0.1) is 0 Å². The molecular weight excluding hydrogens is 374 g/mol. The molecule has 1 atom stereocenters. The molecule has 0 spiro atoms. The van der Waals surface area contributed by atoms with Crippen molar-refractivity contribution >= 4 is 31.9 Å². The summed E-state index contributed by atoms with van der Waals surface area (Å²) in [5.74, 6) is 0. The maximum Gasteiger partial charge on any atom is 0.0767 e. The Morgan fingerprint density at radius 1 is 1.42 bits per heavy atom. The molecule has 0 aliphatic rings. The first-order valence-corrected chi connectivity index (χ1v) is 8.29. The summed E-state index contributed by atoms with van der Waals surface area (Å²) in [5, 5.41) is 4.62. The van der Waals surface area contributed by atoms with Gasteiger partial charge in [-0.1, -0.05) is 22.9 Å². The number of hydrogen-bond acceptors (Lipinski definition) is 3. The van der Waals surface area contributed by atoms with Gasteiger partial charge in [0.2, 0.25) is 0 Å². The molecule has 0 saturated heterocycles. The fourth-order valence-corrected chi connectivity index (χ4v) is 3.51. The normalized spacial score (nSPS) is 13.2. The van der Waals surface area contributed by atoms with Crippen molar-refractivity contribution in [1.29, 1.82) is 0 Å². The molecule has 1 aromatic heterocycles. The minimum atomic E-state index is 0.352. The molecule has 0 fully saturated rings. The molecule has 6 heteroatoms. The van der Waals surface area contributed by atoms with E-state index in [0.29, 0.717) is 4.83 Å². The molecule has 1 rings (SSSR count). The van der Waals surface area contributed by atoms with Crippen molar-refractivity contribution in [3.8, 4) is 0 Å². The molecule has 0 aliphatic heterocycles. The summed E-state index contributed by atoms with van der Waals surface area (Å²) in [4.78, 5) is 2.64. The smallest absolute Gasteiger partial charge is 0.0767 e. The van der Waals surface area contributed by atoms with E-state index in [2.05, 4.69) is 67.4 Å². The van der Waals surface area contributed by atoms with Crippen molar-refractivity contribution < 1.29 is 4.74 Å². The standard InChI is InChI=1S/C13H23Br2N3O/c1-5-11-13(15)12(18(6-2)16-11)8-17(3)7-10(14)9-19-4/h10H,5-9H2,1-4H3. The van der Waals surface area contributed by atoms with Gasteiger partial charge in [0.15, 0.2) is 0 Å². The molecule has 0 N–H and O–H groups in total. The summed E-state index contributed by atoms with van der Waals surface area (Å²) >= 11 is 7.31. The molecule has 1 unspecified atom stereocenters. The highest BCUT2D eigenvalue weighted by atomic mass is 79.9. The molecule has 0 radical (unpaired) electrons. The molecule has 0 aromatic carbocycles. The van der Waals surface area contributed by atoms with Gasteiger partial charge < -0.3 is 4.74 Å². The van der Waals surface area contributed by atoms with Crippen LogP contribution in [0.1, 0.15) is 25.2 Å². The van der Waals surface area contributed by atoms with Gasteiger partial charge in [0.1, 0.15) is 0 Å². The Bertz CT molecular complexity index is 395. The fraction of sp³-hybridized carbons (Fsp3) is 0.769. The number of halogens is 2. The summed E-state index contributed by atoms with van der Waals surface area (Å²) in [5.41, 5.74) is 2.39. The molecule has 19 heavy (non-hydrogen) atoms. The minimum Gasteiger partial charge on any atom is -0.383 e. The zero-order valence-corrected chi connectivity index (χ0v) is 15.3. The highest BCUT2D eigenvalue weighted by Gasteiger charge is 2.16. The van der Waals surface area contributed by atoms with Gasteiger partial charge in [-0.25, -0.2) is 0 Å². The molecular formula is C13H23Br2N3O. The van der Waals surface area contributed by atoms with Gasteiger partial charge in [-0.05, 0) is 36.3 Å². The first-order valence-electron chi connectivity index (χ1n) is 6.59. The number of nitrogens with zero attached hydrogens (tertiary/aromatic N) is 3. The summed E-state index contributed by atoms with van der Waals surface area (Å²) < 4.78 is 8.38. The largest absolute Gasteiger partial charge is 0.383 e. The summed E-state index contributed by atoms with van der Waals surface area (Å²) in [7, 11) is 3.85. The number of ether oxygens (including phenoxy) is 1. The summed E-state index contributed by atoms with van der Waals surface area (Å²) in [6.07, 6.45) is 0.953. The predicted molar refractivity (Wildman–Crippen MR) is 85.9 cm³/mol. The van der Waals surface area contributed by atoms with Crippen LogP contribution >= 0.6 is 31.9 Å². The van der Waals surface area contributed by atoms with Crippen molar-refractivity contribution in [3.05, 3.63) is 15.9 Å². The number of aryl methyl sites for hydroxylation is 2. The van der Waals surface area contributed by atoms with Crippen molar-refractivity contribution in [2.75, 3.05) is 27.3 Å². The lowest BCUT2D eigenvalue weighted by Gasteiger charge is -2.20. The average molecular weight is 397 g/mol. The Labute approximate surface area is 132 Å². The molecule has 1 heterocycles. The van der Waals surface area contributed by atoms with E-state index >= 15 is 0 Å². The van der Waals surface area contributed by atoms with Crippen LogP contribution in [0.4, 0.5) is 0 Å². The van der Waals surface area contributed by atoms with Crippen LogP contribution in [0.2, 0.25) is 0 Å². The Morgan fingerprint density at radius 3 is 2.63 bits per heavy atom. The van der Waals surface area contributed by atoms with Gasteiger partial charge in [0.25, 0.3) is 0 Å². The molecule has 110 valence electrons. The molecule has 1 aromatic rings. The lowest BCUT2D eigenvalue weighted by molar-refractivity contribution is 0.184. The van der Waals surface area contributed by atoms with Gasteiger partial charge in [0.05, 0.1) is 27.3 Å². The minimum absolute atomic E-state index is 0.352. The van der Waals surface area contributed by atoms with Gasteiger partial charge in [0, 0.05) is 26.7 Å². The van der Waals surface area contributed by atoms with E-state index in [0.717, 1.165) is 42.8 Å². The highest BCUT2D eigenvalue weighted by molar-refractivity contribution is 9.10. The summed E-state index contributed by atoms with van der Waals surface area (Å²) in [6, 6.07) is 0. The second-order valence-corrected chi connectivity index (χ2v) is 6.71. The van der Waals surface area contributed by atoms with E-state index in [1.807, 2.05) is 0 Å². The SMILES string of the molecule is CCc1nn(CC)c(CN(C)CC(Br)COC)c1Br. The van der Waals surface area contributed by atoms with Crippen LogP contribution in [0.15, 0.2) is 4.47 Å². The van der Waals surface area contributed by atoms with Crippen molar-refractivity contribution in [2.24, 2.45) is 0 Å². The Hall–Kier alpha value is 0.0900. The highest BCUT2D eigenvalue weighted by Crippen LogP contribution is 2.23. The Morgan fingerprint density at radius 2 is 2.11 bits per heavy atom. The van der Waals surface area contributed by atoms with Gasteiger partial charge in [-0.15, -0.1) is 0 Å². The monoisotopic (exact) mass is 395 g/mol. The second-order valence-electron chi connectivity index (χ2n) is 4.63. The van der Waals surface area contributed by atoms with Crippen molar-refractivity contribution in [3.63, 3.8) is 0 Å². The maximum atomic E-state index is 5.14. The van der Waals surface area contributed by atoms with Crippen LogP contribution in [-0.2, 0) is 24.2 Å². The number of aromatic nitrogens is 2. The lowest BCUT2D eigenvalue weighted by atomic mass is 10.3. The number of methoxy groups -OCH3 is 1. The van der Waals surface area contributed by atoms with E-state index in [1.54, 1.807) is 7.11 Å². The Balaban J connectivity index is 2.72. The molecule has 0 aliphatic carbocycles. The summed E-state index contributed by atoms with van der Waals surface area (Å²) in [6.45, 7) is 7.70. The van der Waals surface area contributed by atoms with E-state index in [-0.39, 0.29) is 0 Å². The molecule has 0 saturated carbocycles. The lowest BCUT2D eigenvalue weighted by Crippen LogP contribution is -2.29. The molecule has 0 bridgehead atoms. The third kappa shape index (κ3) is 4.85. The van der Waals surface area contributed by atoms with Crippen molar-refractivity contribution in [2.45, 2.75) is 38.2 Å². The predicted octanol–water partition coefficient (Wildman–Crippen LogP) is 3.07. The van der Waals surface area contributed by atoms with Gasteiger partial charge in [-0.3, -0.25) is 9.58 Å². The van der Waals surface area contributed by atoms with Crippen LogP contribution in [0.5, 0.6) is 0 Å². The topological polar surface area (TPSA) is 30.3 Å². The molecule has 0 amide bonds. The zero-order chi connectivity index (χ0) is 14.4. The third-order valence-corrected chi connectivity index (χ3v) is 4.44.